The average molecular weight is 674 g/mol. The first-order chi connectivity index (χ1) is 21.5. The molecule has 6 rings (SSSR count). The second kappa shape index (κ2) is 24.9. The largest absolute Gasteiger partial charge is 0.478 e. The molecular formula is C38H63N3O3S2. The fraction of sp³-hybridized carbons (Fsp3) is 0.711. The summed E-state index contributed by atoms with van der Waals surface area (Å²) < 4.78 is 0. The van der Waals surface area contributed by atoms with Gasteiger partial charge >= 0.3 is 5.97 Å². The summed E-state index contributed by atoms with van der Waals surface area (Å²) in [5.74, 6) is 0.815. The summed E-state index contributed by atoms with van der Waals surface area (Å²) in [5, 5.41) is 23.3. The molecule has 2 aromatic rings. The van der Waals surface area contributed by atoms with Crippen molar-refractivity contribution in [1.29, 1.82) is 5.26 Å². The molecule has 2 aromatic heterocycles. The Balaban J connectivity index is 0.000000354. The minimum absolute atomic E-state index is 0. The van der Waals surface area contributed by atoms with Crippen molar-refractivity contribution < 1.29 is 14.7 Å². The van der Waals surface area contributed by atoms with Crippen LogP contribution in [0, 0.1) is 11.3 Å². The molecule has 4 heterocycles. The van der Waals surface area contributed by atoms with E-state index in [1.165, 1.54) is 145 Å². The number of nitriles is 1. The molecule has 0 spiro atoms. The summed E-state index contributed by atoms with van der Waals surface area (Å²) in [5.41, 5.74) is 1.40. The number of carboxylic acid groups (broad SMARTS) is 1. The summed E-state index contributed by atoms with van der Waals surface area (Å²) >= 11 is 3.41. The van der Waals surface area contributed by atoms with Gasteiger partial charge in [-0.1, -0.05) is 79.1 Å². The van der Waals surface area contributed by atoms with Crippen molar-refractivity contribution in [3.05, 3.63) is 43.8 Å². The summed E-state index contributed by atoms with van der Waals surface area (Å²) in [7, 11) is 0. The van der Waals surface area contributed by atoms with Gasteiger partial charge in [0.15, 0.2) is 0 Å². The zero-order chi connectivity index (χ0) is 31.4. The third-order valence-corrected chi connectivity index (χ3v) is 11.3. The number of carboxylic acids is 1. The molecule has 0 radical (unpaired) electrons. The van der Waals surface area contributed by atoms with Crippen LogP contribution < -0.4 is 5.32 Å². The van der Waals surface area contributed by atoms with Gasteiger partial charge in [-0.05, 0) is 88.4 Å². The number of likely N-dealkylation sites (tertiary alicyclic amines) is 1. The molecule has 0 unspecified atom stereocenters. The Kier molecular flexibility index (Phi) is 22.6. The molecule has 2 aliphatic heterocycles. The van der Waals surface area contributed by atoms with Crippen LogP contribution in [0.4, 0.5) is 0 Å². The molecule has 4 aliphatic rings. The van der Waals surface area contributed by atoms with E-state index < -0.39 is 5.97 Å². The molecule has 260 valence electrons. The highest BCUT2D eigenvalue weighted by Crippen LogP contribution is 2.37. The minimum atomic E-state index is -0.802. The van der Waals surface area contributed by atoms with E-state index in [0.717, 1.165) is 24.6 Å². The number of thiophene rings is 2. The van der Waals surface area contributed by atoms with Crippen LogP contribution in [0.5, 0.6) is 0 Å². The van der Waals surface area contributed by atoms with E-state index in [0.29, 0.717) is 11.5 Å². The first kappa shape index (κ1) is 41.8. The highest BCUT2D eigenvalue weighted by Gasteiger charge is 2.22. The molecule has 2 aliphatic carbocycles. The zero-order valence-electron chi connectivity index (χ0n) is 27.0. The minimum Gasteiger partial charge on any atom is -0.478 e. The predicted octanol–water partition coefficient (Wildman–Crippen LogP) is 11.3. The van der Waals surface area contributed by atoms with E-state index in [1.807, 2.05) is 6.07 Å². The van der Waals surface area contributed by atoms with Gasteiger partial charge in [0.25, 0.3) is 5.91 Å². The molecule has 2 N–H and O–H groups in total. The van der Waals surface area contributed by atoms with Crippen LogP contribution in [0.15, 0.2) is 22.9 Å². The second-order valence-corrected chi connectivity index (χ2v) is 14.4. The third kappa shape index (κ3) is 15.1. The van der Waals surface area contributed by atoms with Crippen molar-refractivity contribution in [2.75, 3.05) is 26.2 Å². The number of nitrogens with one attached hydrogen (secondary N) is 1. The number of amides is 1. The van der Waals surface area contributed by atoms with Crippen molar-refractivity contribution in [3.63, 3.8) is 0 Å². The summed E-state index contributed by atoms with van der Waals surface area (Å²) in [6.07, 6.45) is 23.7. The van der Waals surface area contributed by atoms with Crippen LogP contribution >= 0.6 is 22.7 Å². The number of carbonyl (C=O) groups excluding carboxylic acids is 1. The van der Waals surface area contributed by atoms with Crippen molar-refractivity contribution in [3.8, 4) is 6.07 Å². The highest BCUT2D eigenvalue weighted by molar-refractivity contribution is 7.10. The smallest absolute Gasteiger partial charge is 0.336 e. The predicted molar refractivity (Wildman–Crippen MR) is 198 cm³/mol. The molecule has 1 amide bonds. The van der Waals surface area contributed by atoms with Gasteiger partial charge < -0.3 is 15.3 Å². The summed E-state index contributed by atoms with van der Waals surface area (Å²) in [6, 6.07) is 5.79. The first-order valence-electron chi connectivity index (χ1n) is 17.2. The second-order valence-electron chi connectivity index (χ2n) is 12.5. The van der Waals surface area contributed by atoms with E-state index in [9.17, 15) is 9.59 Å². The first-order valence-corrected chi connectivity index (χ1v) is 19.0. The fourth-order valence-electron chi connectivity index (χ4n) is 6.57. The topological polar surface area (TPSA) is 93.4 Å². The highest BCUT2D eigenvalue weighted by atomic mass is 32.1. The Hall–Kier alpha value is -2.21. The number of aromatic carboxylic acids is 1. The van der Waals surface area contributed by atoms with Gasteiger partial charge in [-0.15, -0.1) is 22.7 Å². The van der Waals surface area contributed by atoms with Gasteiger partial charge in [0.1, 0.15) is 0 Å². The van der Waals surface area contributed by atoms with Gasteiger partial charge in [0, 0.05) is 40.5 Å². The van der Waals surface area contributed by atoms with Crippen LogP contribution in [0.3, 0.4) is 0 Å². The summed E-state index contributed by atoms with van der Waals surface area (Å²) in [6.45, 7) is 5.83. The fourth-order valence-corrected chi connectivity index (χ4v) is 8.68. The molecule has 2 saturated carbocycles. The number of carbonyl (C=O) groups is 2. The maximum atomic E-state index is 12.6. The molecule has 4 fully saturated rings. The lowest BCUT2D eigenvalue weighted by molar-refractivity contribution is 0.0696. The molecule has 0 bridgehead atoms. The maximum absolute atomic E-state index is 12.6. The lowest BCUT2D eigenvalue weighted by Gasteiger charge is -2.20. The van der Waals surface area contributed by atoms with Crippen molar-refractivity contribution in [2.24, 2.45) is 0 Å². The van der Waals surface area contributed by atoms with Gasteiger partial charge in [0.2, 0.25) is 0 Å². The van der Waals surface area contributed by atoms with Gasteiger partial charge in [-0.2, -0.15) is 5.26 Å². The summed E-state index contributed by atoms with van der Waals surface area (Å²) in [4.78, 5) is 28.1. The van der Waals surface area contributed by atoms with E-state index in [2.05, 4.69) is 21.7 Å². The molecule has 8 heteroatoms. The van der Waals surface area contributed by atoms with Crippen molar-refractivity contribution >= 4 is 34.6 Å². The van der Waals surface area contributed by atoms with Crippen molar-refractivity contribution in [2.45, 2.75) is 149 Å². The molecule has 46 heavy (non-hydrogen) atoms. The Morgan fingerprint density at radius 1 is 0.717 bits per heavy atom. The van der Waals surface area contributed by atoms with Gasteiger partial charge in [0.05, 0.1) is 17.2 Å². The maximum Gasteiger partial charge on any atom is 0.336 e. The van der Waals surface area contributed by atoms with Crippen LogP contribution in [0.25, 0.3) is 0 Å². The number of nitrogens with zero attached hydrogens (tertiary/aromatic N) is 2. The standard InChI is InChI=1S/C17H25NOS.C11H14O2S.C6H13N.C2H3N.2CH4/c19-17(18-10-6-1-2-7-11-18)15-12-16(20-13-15)14-8-4-3-5-9-14;12-11(13)9-6-10(14-7-9)8-4-2-1-3-5-8;1-2-4-6-7-5-3-1;1-2-3;;/h12-14H,1-11H2;6-8H,1-5H2,(H,12,13);7H,1-6H2;1H3;2*1H4. The van der Waals surface area contributed by atoms with Gasteiger partial charge in [-0.25, -0.2) is 4.79 Å². The lowest BCUT2D eigenvalue weighted by Crippen LogP contribution is -2.31. The SMILES string of the molecule is C.C.C1CCCNCC1.CC#N.O=C(O)c1csc(C2CCCCC2)c1.O=C(c1csc(C2CCCCC2)c1)N1CCCCCC1. The zero-order valence-corrected chi connectivity index (χ0v) is 28.6. The van der Waals surface area contributed by atoms with E-state index in [1.54, 1.807) is 34.1 Å². The monoisotopic (exact) mass is 673 g/mol. The lowest BCUT2D eigenvalue weighted by atomic mass is 9.88. The normalized spacial score (nSPS) is 18.8. The molecule has 2 saturated heterocycles. The van der Waals surface area contributed by atoms with Crippen molar-refractivity contribution in [1.82, 2.24) is 10.2 Å². The molecule has 0 atom stereocenters. The Morgan fingerprint density at radius 3 is 1.54 bits per heavy atom. The average Bonchev–Trinajstić information content (AvgIpc) is 3.56. The van der Waals surface area contributed by atoms with E-state index in [4.69, 9.17) is 10.4 Å². The molecule has 0 aromatic carbocycles. The quantitative estimate of drug-likeness (QED) is 0.337. The number of hydrogen-bond acceptors (Lipinski definition) is 6. The Bertz CT molecular complexity index is 1100. The molecule has 6 nitrogen and oxygen atoms in total. The van der Waals surface area contributed by atoms with Crippen LogP contribution in [-0.2, 0) is 0 Å². The van der Waals surface area contributed by atoms with E-state index >= 15 is 0 Å². The number of hydrogen-bond donors (Lipinski definition) is 2. The third-order valence-electron chi connectivity index (χ3n) is 9.10. The Labute approximate surface area is 289 Å². The van der Waals surface area contributed by atoms with Crippen LogP contribution in [-0.4, -0.2) is 48.1 Å². The van der Waals surface area contributed by atoms with E-state index in [-0.39, 0.29) is 20.8 Å². The molecular weight excluding hydrogens is 611 g/mol. The Morgan fingerprint density at radius 2 is 1.11 bits per heavy atom. The van der Waals surface area contributed by atoms with Crippen LogP contribution in [0.1, 0.15) is 180 Å². The van der Waals surface area contributed by atoms with Gasteiger partial charge in [-0.3, -0.25) is 4.79 Å². The van der Waals surface area contributed by atoms with Crippen LogP contribution in [0.2, 0.25) is 0 Å². The number of rotatable bonds is 4.